The zero-order valence-corrected chi connectivity index (χ0v) is 10.7. The summed E-state index contributed by atoms with van der Waals surface area (Å²) >= 11 is 1.49. The van der Waals surface area contributed by atoms with Crippen LogP contribution in [0.4, 0.5) is 0 Å². The van der Waals surface area contributed by atoms with Gasteiger partial charge >= 0.3 is 0 Å². The van der Waals surface area contributed by atoms with E-state index in [0.717, 1.165) is 11.6 Å². The van der Waals surface area contributed by atoms with Gasteiger partial charge in [-0.3, -0.25) is 4.79 Å². The van der Waals surface area contributed by atoms with Gasteiger partial charge in [0.25, 0.3) is 0 Å². The third kappa shape index (κ3) is 4.02. The number of thioether (sulfide) groups is 1. The highest BCUT2D eigenvalue weighted by atomic mass is 32.2. The second-order valence-electron chi connectivity index (χ2n) is 4.08. The van der Waals surface area contributed by atoms with Gasteiger partial charge in [0.1, 0.15) is 5.03 Å². The van der Waals surface area contributed by atoms with Crippen molar-refractivity contribution in [2.24, 2.45) is 0 Å². The van der Waals surface area contributed by atoms with Crippen molar-refractivity contribution < 1.29 is 4.79 Å². The molecule has 2 rings (SSSR count). The van der Waals surface area contributed by atoms with Gasteiger partial charge in [-0.25, -0.2) is 4.98 Å². The first-order valence-electron chi connectivity index (χ1n) is 5.80. The van der Waals surface area contributed by atoms with Gasteiger partial charge in [0.05, 0.1) is 5.75 Å². The summed E-state index contributed by atoms with van der Waals surface area (Å²) in [6.45, 7) is 0.842. The molecule has 92 valence electrons. The fourth-order valence-corrected chi connectivity index (χ4v) is 2.31. The molecule has 17 heavy (non-hydrogen) atoms. The Labute approximate surface area is 106 Å². The summed E-state index contributed by atoms with van der Waals surface area (Å²) in [5, 5.41) is 7.02. The fraction of sp³-hybridized carbons (Fsp3) is 0.500. The maximum atomic E-state index is 11.2. The molecule has 0 aliphatic heterocycles. The Bertz CT molecular complexity index is 393. The molecule has 0 bridgehead atoms. The monoisotopic (exact) mass is 251 g/mol. The number of hydrogen-bond acceptors (Lipinski definition) is 4. The smallest absolute Gasteiger partial charge is 0.230 e. The first kappa shape index (κ1) is 12.4. The lowest BCUT2D eigenvalue weighted by Gasteiger charge is -2.08. The molecule has 2 N–H and O–H groups in total. The van der Waals surface area contributed by atoms with Crippen molar-refractivity contribution in [3.05, 3.63) is 23.9 Å². The van der Waals surface area contributed by atoms with Gasteiger partial charge in [0, 0.05) is 25.8 Å². The number of amides is 1. The minimum Gasteiger partial charge on any atom is -0.358 e. The maximum absolute atomic E-state index is 11.2. The van der Waals surface area contributed by atoms with Crippen molar-refractivity contribution >= 4 is 17.7 Å². The standard InChI is InChI=1S/C12H17N3OS/c1-13-11(16)8-17-12-9(3-2-6-14-12)7-15-10-4-5-10/h2-3,6,10,15H,4-5,7-8H2,1H3,(H,13,16). The van der Waals surface area contributed by atoms with Crippen LogP contribution in [0.2, 0.25) is 0 Å². The lowest BCUT2D eigenvalue weighted by Crippen LogP contribution is -2.20. The number of nitrogens with zero attached hydrogens (tertiary/aromatic N) is 1. The van der Waals surface area contributed by atoms with Crippen LogP contribution in [0.5, 0.6) is 0 Å². The van der Waals surface area contributed by atoms with E-state index < -0.39 is 0 Å². The van der Waals surface area contributed by atoms with E-state index in [1.165, 1.54) is 30.2 Å². The van der Waals surface area contributed by atoms with Crippen LogP contribution in [0.3, 0.4) is 0 Å². The molecule has 0 aromatic carbocycles. The number of pyridine rings is 1. The van der Waals surface area contributed by atoms with Crippen molar-refractivity contribution in [3.63, 3.8) is 0 Å². The topological polar surface area (TPSA) is 54.0 Å². The Balaban J connectivity index is 1.91. The van der Waals surface area contributed by atoms with Gasteiger partial charge in [-0.15, -0.1) is 0 Å². The van der Waals surface area contributed by atoms with Gasteiger partial charge in [0.2, 0.25) is 5.91 Å². The maximum Gasteiger partial charge on any atom is 0.230 e. The van der Waals surface area contributed by atoms with E-state index in [1.807, 2.05) is 6.07 Å². The summed E-state index contributed by atoms with van der Waals surface area (Å²) in [6, 6.07) is 4.69. The third-order valence-electron chi connectivity index (χ3n) is 2.63. The van der Waals surface area contributed by atoms with Crippen molar-refractivity contribution in [3.8, 4) is 0 Å². The van der Waals surface area contributed by atoms with Gasteiger partial charge in [-0.05, 0) is 24.5 Å². The summed E-state index contributed by atoms with van der Waals surface area (Å²) in [6.07, 6.45) is 4.33. The minimum atomic E-state index is 0.0294. The molecule has 1 amide bonds. The highest BCUT2D eigenvalue weighted by molar-refractivity contribution is 7.99. The third-order valence-corrected chi connectivity index (χ3v) is 3.67. The first-order chi connectivity index (χ1) is 8.29. The second kappa shape index (κ2) is 6.02. The van der Waals surface area contributed by atoms with Gasteiger partial charge in [-0.2, -0.15) is 0 Å². The largest absolute Gasteiger partial charge is 0.358 e. The van der Waals surface area contributed by atoms with Gasteiger partial charge in [0.15, 0.2) is 0 Å². The summed E-state index contributed by atoms with van der Waals surface area (Å²) in [4.78, 5) is 15.5. The summed E-state index contributed by atoms with van der Waals surface area (Å²) in [5.74, 6) is 0.450. The average molecular weight is 251 g/mol. The van der Waals surface area contributed by atoms with Crippen LogP contribution in [0.1, 0.15) is 18.4 Å². The van der Waals surface area contributed by atoms with Crippen molar-refractivity contribution in [2.45, 2.75) is 30.5 Å². The van der Waals surface area contributed by atoms with E-state index in [2.05, 4.69) is 21.7 Å². The SMILES string of the molecule is CNC(=O)CSc1ncccc1CNC1CC1. The molecule has 0 unspecified atom stereocenters. The normalized spacial score (nSPS) is 14.6. The minimum absolute atomic E-state index is 0.0294. The number of nitrogens with one attached hydrogen (secondary N) is 2. The van der Waals surface area contributed by atoms with E-state index in [-0.39, 0.29) is 5.91 Å². The highest BCUT2D eigenvalue weighted by Crippen LogP contribution is 2.22. The molecule has 1 saturated carbocycles. The van der Waals surface area contributed by atoms with Crippen LogP contribution in [-0.4, -0.2) is 29.7 Å². The molecular formula is C12H17N3OS. The molecule has 0 saturated heterocycles. The summed E-state index contributed by atoms with van der Waals surface area (Å²) < 4.78 is 0. The predicted octanol–water partition coefficient (Wildman–Crippen LogP) is 1.17. The van der Waals surface area contributed by atoms with E-state index >= 15 is 0 Å². The van der Waals surface area contributed by atoms with Crippen LogP contribution < -0.4 is 10.6 Å². The second-order valence-corrected chi connectivity index (χ2v) is 5.05. The number of carbonyl (C=O) groups is 1. The molecule has 0 spiro atoms. The van der Waals surface area contributed by atoms with Crippen molar-refractivity contribution in [1.82, 2.24) is 15.6 Å². The molecule has 1 aromatic rings. The van der Waals surface area contributed by atoms with Crippen LogP contribution in [0.15, 0.2) is 23.4 Å². The molecule has 5 heteroatoms. The van der Waals surface area contributed by atoms with E-state index in [0.29, 0.717) is 11.8 Å². The highest BCUT2D eigenvalue weighted by Gasteiger charge is 2.20. The van der Waals surface area contributed by atoms with Crippen LogP contribution >= 0.6 is 11.8 Å². The Kier molecular flexibility index (Phi) is 4.39. The van der Waals surface area contributed by atoms with E-state index in [1.54, 1.807) is 13.2 Å². The zero-order valence-electron chi connectivity index (χ0n) is 9.90. The molecule has 0 atom stereocenters. The van der Waals surface area contributed by atoms with Crippen LogP contribution in [0, 0.1) is 0 Å². The number of hydrogen-bond donors (Lipinski definition) is 2. The number of rotatable bonds is 6. The average Bonchev–Trinajstić information content (AvgIpc) is 3.18. The van der Waals surface area contributed by atoms with Gasteiger partial charge in [-0.1, -0.05) is 17.8 Å². The molecule has 1 aliphatic rings. The quantitative estimate of drug-likeness (QED) is 0.745. The zero-order chi connectivity index (χ0) is 12.1. The Morgan fingerprint density at radius 2 is 2.41 bits per heavy atom. The fourth-order valence-electron chi connectivity index (χ4n) is 1.44. The predicted molar refractivity (Wildman–Crippen MR) is 68.9 cm³/mol. The van der Waals surface area contributed by atoms with Gasteiger partial charge < -0.3 is 10.6 Å². The van der Waals surface area contributed by atoms with Crippen molar-refractivity contribution in [2.75, 3.05) is 12.8 Å². The van der Waals surface area contributed by atoms with E-state index in [9.17, 15) is 4.79 Å². The summed E-state index contributed by atoms with van der Waals surface area (Å²) in [5.41, 5.74) is 1.17. The first-order valence-corrected chi connectivity index (χ1v) is 6.79. The molecule has 1 aliphatic carbocycles. The molecule has 1 fully saturated rings. The molecule has 1 heterocycles. The molecule has 0 radical (unpaired) electrons. The van der Waals surface area contributed by atoms with E-state index in [4.69, 9.17) is 0 Å². The Hall–Kier alpha value is -1.07. The number of aromatic nitrogens is 1. The lowest BCUT2D eigenvalue weighted by atomic mass is 10.3. The number of carbonyl (C=O) groups excluding carboxylic acids is 1. The Morgan fingerprint density at radius 3 is 3.12 bits per heavy atom. The lowest BCUT2D eigenvalue weighted by molar-refractivity contribution is -0.118. The summed E-state index contributed by atoms with van der Waals surface area (Å²) in [7, 11) is 1.65. The van der Waals surface area contributed by atoms with Crippen molar-refractivity contribution in [1.29, 1.82) is 0 Å². The van der Waals surface area contributed by atoms with Crippen LogP contribution in [-0.2, 0) is 11.3 Å². The van der Waals surface area contributed by atoms with Crippen LogP contribution in [0.25, 0.3) is 0 Å². The molecule has 1 aromatic heterocycles. The molecule has 4 nitrogen and oxygen atoms in total. The molecular weight excluding hydrogens is 234 g/mol. The Morgan fingerprint density at radius 1 is 1.59 bits per heavy atom.